The van der Waals surface area contributed by atoms with Gasteiger partial charge in [0.1, 0.15) is 0 Å². The lowest BCUT2D eigenvalue weighted by atomic mass is 9.81. The first kappa shape index (κ1) is 11.7. The normalized spacial score (nSPS) is 28.5. The summed E-state index contributed by atoms with van der Waals surface area (Å²) < 4.78 is 0. The molecule has 0 aromatic heterocycles. The Morgan fingerprint density at radius 3 is 2.75 bits per heavy atom. The van der Waals surface area contributed by atoms with Gasteiger partial charge in [-0.2, -0.15) is 0 Å². The summed E-state index contributed by atoms with van der Waals surface area (Å²) in [6.45, 7) is 2.77. The Hall–Kier alpha value is -0.770. The van der Waals surface area contributed by atoms with E-state index in [1.54, 1.807) is 4.90 Å². The van der Waals surface area contributed by atoms with Crippen LogP contribution in [-0.2, 0) is 0 Å². The Morgan fingerprint density at radius 2 is 2.12 bits per heavy atom. The van der Waals surface area contributed by atoms with Crippen LogP contribution in [0.4, 0.5) is 4.79 Å². The number of nitrogens with zero attached hydrogens (tertiary/aromatic N) is 1. The van der Waals surface area contributed by atoms with E-state index in [2.05, 4.69) is 12.2 Å². The molecular weight excluding hydrogens is 204 g/mol. The molecule has 1 heterocycles. The predicted molar refractivity (Wildman–Crippen MR) is 62.0 cm³/mol. The Morgan fingerprint density at radius 1 is 1.44 bits per heavy atom. The van der Waals surface area contributed by atoms with E-state index in [-0.39, 0.29) is 11.6 Å². The van der Waals surface area contributed by atoms with E-state index >= 15 is 0 Å². The molecule has 2 N–H and O–H groups in total. The number of aliphatic hydroxyl groups is 1. The molecule has 16 heavy (non-hydrogen) atoms. The maximum Gasteiger partial charge on any atom is 0.320 e. The fourth-order valence-electron chi connectivity index (χ4n) is 2.88. The minimum Gasteiger partial charge on any atom is -0.371 e. The molecule has 0 radical (unpaired) electrons. The molecule has 2 amide bonds. The van der Waals surface area contributed by atoms with Gasteiger partial charge in [-0.05, 0) is 19.3 Å². The van der Waals surface area contributed by atoms with E-state index in [1.807, 2.05) is 0 Å². The molecule has 4 heteroatoms. The molecule has 2 fully saturated rings. The van der Waals surface area contributed by atoms with Crippen molar-refractivity contribution in [3.63, 3.8) is 0 Å². The fourth-order valence-corrected chi connectivity index (χ4v) is 2.88. The van der Waals surface area contributed by atoms with E-state index in [4.69, 9.17) is 0 Å². The lowest BCUT2D eigenvalue weighted by molar-refractivity contribution is -0.0130. The molecular formula is C12H22N2O2. The molecule has 1 saturated heterocycles. The number of hydrogen-bond donors (Lipinski definition) is 2. The van der Waals surface area contributed by atoms with Gasteiger partial charge >= 0.3 is 6.03 Å². The Bertz CT molecular complexity index is 262. The Balaban J connectivity index is 2.05. The molecule has 1 saturated carbocycles. The van der Waals surface area contributed by atoms with Crippen LogP contribution < -0.4 is 5.32 Å². The monoisotopic (exact) mass is 226 g/mol. The van der Waals surface area contributed by atoms with Gasteiger partial charge in [0.2, 0.25) is 0 Å². The predicted octanol–water partition coefficient (Wildman–Crippen LogP) is 1.83. The van der Waals surface area contributed by atoms with Crippen LogP contribution in [0.15, 0.2) is 0 Å². The van der Waals surface area contributed by atoms with Gasteiger partial charge in [0, 0.05) is 6.54 Å². The first-order valence-electron chi connectivity index (χ1n) is 6.46. The van der Waals surface area contributed by atoms with Gasteiger partial charge in [0.15, 0.2) is 6.23 Å². The van der Waals surface area contributed by atoms with Crippen molar-refractivity contribution in [3.8, 4) is 0 Å². The molecule has 0 bridgehead atoms. The molecule has 1 spiro atoms. The second-order valence-electron chi connectivity index (χ2n) is 5.07. The van der Waals surface area contributed by atoms with Crippen LogP contribution in [-0.4, -0.2) is 34.3 Å². The van der Waals surface area contributed by atoms with Crippen molar-refractivity contribution in [2.24, 2.45) is 0 Å². The van der Waals surface area contributed by atoms with Crippen LogP contribution in [0.2, 0.25) is 0 Å². The third kappa shape index (κ3) is 1.90. The Labute approximate surface area is 97.0 Å². The van der Waals surface area contributed by atoms with Crippen molar-refractivity contribution in [2.45, 2.75) is 63.6 Å². The van der Waals surface area contributed by atoms with Crippen LogP contribution in [0.25, 0.3) is 0 Å². The summed E-state index contributed by atoms with van der Waals surface area (Å²) in [5, 5.41) is 13.3. The van der Waals surface area contributed by atoms with Crippen LogP contribution in [0, 0.1) is 0 Å². The van der Waals surface area contributed by atoms with Crippen molar-refractivity contribution < 1.29 is 9.90 Å². The van der Waals surface area contributed by atoms with Crippen molar-refractivity contribution in [2.75, 3.05) is 6.54 Å². The number of nitrogens with one attached hydrogen (secondary N) is 1. The first-order valence-corrected chi connectivity index (χ1v) is 6.46. The summed E-state index contributed by atoms with van der Waals surface area (Å²) in [6.07, 6.45) is 6.67. The van der Waals surface area contributed by atoms with Crippen LogP contribution >= 0.6 is 0 Å². The van der Waals surface area contributed by atoms with Gasteiger partial charge in [-0.25, -0.2) is 4.79 Å². The molecule has 0 aromatic carbocycles. The number of unbranched alkanes of at least 4 members (excludes halogenated alkanes) is 1. The van der Waals surface area contributed by atoms with Crippen molar-refractivity contribution >= 4 is 6.03 Å². The minimum absolute atomic E-state index is 0.0807. The molecule has 1 aliphatic carbocycles. The minimum atomic E-state index is -0.619. The van der Waals surface area contributed by atoms with E-state index in [1.165, 1.54) is 6.42 Å². The highest BCUT2D eigenvalue weighted by molar-refractivity contribution is 5.78. The zero-order chi connectivity index (χ0) is 11.6. The van der Waals surface area contributed by atoms with Gasteiger partial charge in [-0.15, -0.1) is 0 Å². The fraction of sp³-hybridized carbons (Fsp3) is 0.917. The number of rotatable bonds is 3. The molecule has 2 aliphatic rings. The van der Waals surface area contributed by atoms with E-state index in [9.17, 15) is 9.90 Å². The zero-order valence-corrected chi connectivity index (χ0v) is 10.0. The molecule has 92 valence electrons. The summed E-state index contributed by atoms with van der Waals surface area (Å²) in [4.78, 5) is 13.4. The third-order valence-corrected chi connectivity index (χ3v) is 3.90. The largest absolute Gasteiger partial charge is 0.371 e. The van der Waals surface area contributed by atoms with Crippen LogP contribution in [0.5, 0.6) is 0 Å². The SMILES string of the molecule is CCCCN1C(=O)NC2(CCCCC2)C1O. The highest BCUT2D eigenvalue weighted by Crippen LogP contribution is 2.36. The molecule has 2 rings (SSSR count). The smallest absolute Gasteiger partial charge is 0.320 e. The molecule has 1 unspecified atom stereocenters. The van der Waals surface area contributed by atoms with Crippen molar-refractivity contribution in [1.82, 2.24) is 10.2 Å². The average molecular weight is 226 g/mol. The van der Waals surface area contributed by atoms with E-state index in [0.29, 0.717) is 6.54 Å². The van der Waals surface area contributed by atoms with Gasteiger partial charge in [-0.3, -0.25) is 4.90 Å². The highest BCUT2D eigenvalue weighted by Gasteiger charge is 2.50. The van der Waals surface area contributed by atoms with Crippen LogP contribution in [0.3, 0.4) is 0 Å². The summed E-state index contributed by atoms with van der Waals surface area (Å²) in [6, 6.07) is -0.0807. The van der Waals surface area contributed by atoms with Gasteiger partial charge in [0.25, 0.3) is 0 Å². The van der Waals surface area contributed by atoms with Gasteiger partial charge < -0.3 is 10.4 Å². The van der Waals surface area contributed by atoms with Crippen molar-refractivity contribution in [3.05, 3.63) is 0 Å². The van der Waals surface area contributed by atoms with E-state index < -0.39 is 6.23 Å². The summed E-state index contributed by atoms with van der Waals surface area (Å²) >= 11 is 0. The number of urea groups is 1. The number of aliphatic hydroxyl groups excluding tert-OH is 1. The second kappa shape index (κ2) is 4.62. The molecule has 0 aromatic rings. The van der Waals surface area contributed by atoms with Crippen LogP contribution in [0.1, 0.15) is 51.9 Å². The van der Waals surface area contributed by atoms with Gasteiger partial charge in [-0.1, -0.05) is 32.6 Å². The summed E-state index contributed by atoms with van der Waals surface area (Å²) in [5.74, 6) is 0. The Kier molecular flexibility index (Phi) is 3.38. The number of carbonyl (C=O) groups is 1. The second-order valence-corrected chi connectivity index (χ2v) is 5.07. The van der Waals surface area contributed by atoms with Gasteiger partial charge in [0.05, 0.1) is 5.54 Å². The lowest BCUT2D eigenvalue weighted by Gasteiger charge is -2.36. The standard InChI is InChI=1S/C12H22N2O2/c1-2-3-9-14-10(15)12(13-11(14)16)7-5-4-6-8-12/h10,15H,2-9H2,1H3,(H,13,16). The lowest BCUT2D eigenvalue weighted by Crippen LogP contribution is -2.51. The first-order chi connectivity index (χ1) is 7.69. The van der Waals surface area contributed by atoms with Crippen molar-refractivity contribution in [1.29, 1.82) is 0 Å². The quantitative estimate of drug-likeness (QED) is 0.771. The number of carbonyl (C=O) groups excluding carboxylic acids is 1. The summed E-state index contributed by atoms with van der Waals surface area (Å²) in [7, 11) is 0. The maximum atomic E-state index is 11.8. The topological polar surface area (TPSA) is 52.6 Å². The van der Waals surface area contributed by atoms with E-state index in [0.717, 1.165) is 38.5 Å². The summed E-state index contributed by atoms with van der Waals surface area (Å²) in [5.41, 5.74) is -0.344. The highest BCUT2D eigenvalue weighted by atomic mass is 16.3. The number of hydrogen-bond acceptors (Lipinski definition) is 2. The molecule has 1 atom stereocenters. The average Bonchev–Trinajstić information content (AvgIpc) is 2.50. The number of amides is 2. The third-order valence-electron chi connectivity index (χ3n) is 3.90. The zero-order valence-electron chi connectivity index (χ0n) is 10.0. The molecule has 4 nitrogen and oxygen atoms in total. The molecule has 1 aliphatic heterocycles. The maximum absolute atomic E-state index is 11.8.